The SMILES string of the molecule is CCOC(=O)C1=C(C)NC(SCc2ccccc2)=N[C@@H]1c1ccc(OC)cc1OC. The molecular formula is C23H26N2O4S. The average Bonchev–Trinajstić information content (AvgIpc) is 2.77. The summed E-state index contributed by atoms with van der Waals surface area (Å²) in [6.45, 7) is 3.95. The number of esters is 1. The number of rotatable bonds is 7. The van der Waals surface area contributed by atoms with E-state index < -0.39 is 6.04 Å². The third-order valence-electron chi connectivity index (χ3n) is 4.67. The number of hydrogen-bond donors (Lipinski definition) is 1. The minimum Gasteiger partial charge on any atom is -0.497 e. The number of amidine groups is 1. The lowest BCUT2D eigenvalue weighted by molar-refractivity contribution is -0.138. The topological polar surface area (TPSA) is 69.2 Å². The predicted molar refractivity (Wildman–Crippen MR) is 120 cm³/mol. The van der Waals surface area contributed by atoms with Crippen LogP contribution in [0.4, 0.5) is 0 Å². The number of nitrogens with one attached hydrogen (secondary N) is 1. The molecule has 0 radical (unpaired) electrons. The Morgan fingerprint density at radius 3 is 2.57 bits per heavy atom. The van der Waals surface area contributed by atoms with Crippen LogP contribution in [0.1, 0.15) is 31.0 Å². The third kappa shape index (κ3) is 4.97. The summed E-state index contributed by atoms with van der Waals surface area (Å²) in [4.78, 5) is 17.6. The highest BCUT2D eigenvalue weighted by Gasteiger charge is 2.32. The molecule has 1 heterocycles. The summed E-state index contributed by atoms with van der Waals surface area (Å²) in [6.07, 6.45) is 0. The van der Waals surface area contributed by atoms with Gasteiger partial charge in [-0.2, -0.15) is 0 Å². The molecule has 1 aliphatic heterocycles. The van der Waals surface area contributed by atoms with Crippen LogP contribution < -0.4 is 14.8 Å². The Kier molecular flexibility index (Phi) is 7.41. The average molecular weight is 427 g/mol. The maximum absolute atomic E-state index is 12.7. The zero-order valence-corrected chi connectivity index (χ0v) is 18.4. The van der Waals surface area contributed by atoms with Crippen molar-refractivity contribution in [2.24, 2.45) is 4.99 Å². The summed E-state index contributed by atoms with van der Waals surface area (Å²) in [5.41, 5.74) is 3.18. The van der Waals surface area contributed by atoms with Gasteiger partial charge in [0.1, 0.15) is 17.5 Å². The Bertz CT molecular complexity index is 957. The van der Waals surface area contributed by atoms with Crippen LogP contribution in [0.15, 0.2) is 64.8 Å². The number of thioether (sulfide) groups is 1. The van der Waals surface area contributed by atoms with E-state index in [4.69, 9.17) is 19.2 Å². The van der Waals surface area contributed by atoms with E-state index >= 15 is 0 Å². The van der Waals surface area contributed by atoms with Crippen LogP contribution in [-0.4, -0.2) is 32.0 Å². The van der Waals surface area contributed by atoms with Gasteiger partial charge in [0.15, 0.2) is 5.17 Å². The molecule has 0 bridgehead atoms. The van der Waals surface area contributed by atoms with E-state index in [2.05, 4.69) is 17.4 Å². The Hall–Kier alpha value is -2.93. The zero-order chi connectivity index (χ0) is 21.5. The van der Waals surface area contributed by atoms with Gasteiger partial charge in [0.25, 0.3) is 0 Å². The highest BCUT2D eigenvalue weighted by molar-refractivity contribution is 8.13. The molecular weight excluding hydrogens is 400 g/mol. The minimum absolute atomic E-state index is 0.293. The third-order valence-corrected chi connectivity index (χ3v) is 5.63. The van der Waals surface area contributed by atoms with Crippen molar-refractivity contribution in [3.05, 3.63) is 70.9 Å². The summed E-state index contributed by atoms with van der Waals surface area (Å²) in [7, 11) is 3.19. The van der Waals surface area contributed by atoms with Crippen LogP contribution in [0.2, 0.25) is 0 Å². The monoisotopic (exact) mass is 426 g/mol. The summed E-state index contributed by atoms with van der Waals surface area (Å²) in [5.74, 6) is 1.65. The standard InChI is InChI=1S/C23H26N2O4S/c1-5-29-22(26)20-15(2)24-23(30-14-16-9-7-6-8-10-16)25-21(20)18-12-11-17(27-3)13-19(18)28-4/h6-13,21H,5,14H2,1-4H3,(H,24,25)/t21-/m1/s1. The Morgan fingerprint density at radius 2 is 1.90 bits per heavy atom. The van der Waals surface area contributed by atoms with Gasteiger partial charge in [-0.3, -0.25) is 0 Å². The highest BCUT2D eigenvalue weighted by atomic mass is 32.2. The van der Waals surface area contributed by atoms with Crippen molar-refractivity contribution in [3.8, 4) is 11.5 Å². The molecule has 0 aromatic heterocycles. The molecule has 6 nitrogen and oxygen atoms in total. The van der Waals surface area contributed by atoms with E-state index in [1.165, 1.54) is 5.56 Å². The minimum atomic E-state index is -0.538. The first kappa shape index (κ1) is 21.8. The van der Waals surface area contributed by atoms with E-state index in [9.17, 15) is 4.79 Å². The van der Waals surface area contributed by atoms with Gasteiger partial charge in [-0.05, 0) is 31.5 Å². The number of methoxy groups -OCH3 is 2. The van der Waals surface area contributed by atoms with E-state index in [1.54, 1.807) is 39.0 Å². The number of nitrogens with zero attached hydrogens (tertiary/aromatic N) is 1. The Labute approximate surface area is 181 Å². The molecule has 0 amide bonds. The summed E-state index contributed by atoms with van der Waals surface area (Å²) in [6, 6.07) is 15.1. The second-order valence-electron chi connectivity index (χ2n) is 6.60. The van der Waals surface area contributed by atoms with E-state index in [0.29, 0.717) is 23.7 Å². The van der Waals surface area contributed by atoms with Gasteiger partial charge in [-0.15, -0.1) is 0 Å². The van der Waals surface area contributed by atoms with Crippen LogP contribution in [0.5, 0.6) is 11.5 Å². The molecule has 1 N–H and O–H groups in total. The van der Waals surface area contributed by atoms with Crippen LogP contribution in [0.3, 0.4) is 0 Å². The zero-order valence-electron chi connectivity index (χ0n) is 17.6. The normalized spacial score (nSPS) is 15.9. The largest absolute Gasteiger partial charge is 0.497 e. The second kappa shape index (κ2) is 10.2. The van der Waals surface area contributed by atoms with Crippen LogP contribution >= 0.6 is 11.8 Å². The molecule has 0 aliphatic carbocycles. The smallest absolute Gasteiger partial charge is 0.338 e. The fraction of sp³-hybridized carbons (Fsp3) is 0.304. The van der Waals surface area contributed by atoms with Crippen molar-refractivity contribution < 1.29 is 19.0 Å². The van der Waals surface area contributed by atoms with Crippen LogP contribution in [-0.2, 0) is 15.3 Å². The van der Waals surface area contributed by atoms with E-state index in [-0.39, 0.29) is 5.97 Å². The number of aliphatic imine (C=N–C) groups is 1. The van der Waals surface area contributed by atoms with Gasteiger partial charge in [-0.25, -0.2) is 9.79 Å². The summed E-state index contributed by atoms with van der Waals surface area (Å²) >= 11 is 1.59. The van der Waals surface area contributed by atoms with E-state index in [1.807, 2.05) is 37.3 Å². The first-order chi connectivity index (χ1) is 14.6. The maximum Gasteiger partial charge on any atom is 0.338 e. The van der Waals surface area contributed by atoms with Crippen molar-refractivity contribution in [2.75, 3.05) is 20.8 Å². The van der Waals surface area contributed by atoms with Gasteiger partial charge < -0.3 is 19.5 Å². The molecule has 0 saturated carbocycles. The van der Waals surface area contributed by atoms with Gasteiger partial charge in [0.05, 0.1) is 26.4 Å². The molecule has 0 saturated heterocycles. The predicted octanol–water partition coefficient (Wildman–Crippen LogP) is 4.47. The lowest BCUT2D eigenvalue weighted by Gasteiger charge is -2.27. The number of carbonyl (C=O) groups excluding carboxylic acids is 1. The maximum atomic E-state index is 12.7. The van der Waals surface area contributed by atoms with Gasteiger partial charge in [-0.1, -0.05) is 42.1 Å². The molecule has 3 rings (SSSR count). The van der Waals surface area contributed by atoms with Crippen LogP contribution in [0, 0.1) is 0 Å². The fourth-order valence-corrected chi connectivity index (χ4v) is 4.09. The fourth-order valence-electron chi connectivity index (χ4n) is 3.19. The molecule has 2 aromatic rings. The van der Waals surface area contributed by atoms with Gasteiger partial charge in [0, 0.05) is 23.1 Å². The number of allylic oxidation sites excluding steroid dienone is 1. The van der Waals surface area contributed by atoms with Gasteiger partial charge in [0.2, 0.25) is 0 Å². The molecule has 1 aliphatic rings. The summed E-state index contributed by atoms with van der Waals surface area (Å²) < 4.78 is 16.2. The number of hydrogen-bond acceptors (Lipinski definition) is 7. The first-order valence-electron chi connectivity index (χ1n) is 9.68. The van der Waals surface area contributed by atoms with E-state index in [0.717, 1.165) is 22.2 Å². The molecule has 7 heteroatoms. The molecule has 158 valence electrons. The summed E-state index contributed by atoms with van der Waals surface area (Å²) in [5, 5.41) is 4.00. The highest BCUT2D eigenvalue weighted by Crippen LogP contribution is 2.39. The molecule has 0 spiro atoms. The van der Waals surface area contributed by atoms with Crippen LogP contribution in [0.25, 0.3) is 0 Å². The second-order valence-corrected chi connectivity index (χ2v) is 7.57. The lowest BCUT2D eigenvalue weighted by Crippen LogP contribution is -2.30. The molecule has 0 fully saturated rings. The van der Waals surface area contributed by atoms with Gasteiger partial charge >= 0.3 is 5.97 Å². The number of ether oxygens (including phenoxy) is 3. The number of benzene rings is 2. The van der Waals surface area contributed by atoms with Crippen molar-refractivity contribution in [1.82, 2.24) is 5.32 Å². The van der Waals surface area contributed by atoms with Crippen molar-refractivity contribution in [1.29, 1.82) is 0 Å². The van der Waals surface area contributed by atoms with Crippen molar-refractivity contribution in [3.63, 3.8) is 0 Å². The Balaban J connectivity index is 1.97. The lowest BCUT2D eigenvalue weighted by atomic mass is 9.95. The van der Waals surface area contributed by atoms with Crippen molar-refractivity contribution >= 4 is 22.9 Å². The molecule has 2 aromatic carbocycles. The Morgan fingerprint density at radius 1 is 1.13 bits per heavy atom. The molecule has 1 atom stereocenters. The molecule has 0 unspecified atom stereocenters. The van der Waals surface area contributed by atoms with Crippen molar-refractivity contribution in [2.45, 2.75) is 25.6 Å². The molecule has 30 heavy (non-hydrogen) atoms. The quantitative estimate of drug-likeness (QED) is 0.659. The first-order valence-corrected chi connectivity index (χ1v) is 10.7. The number of carbonyl (C=O) groups is 1.